The van der Waals surface area contributed by atoms with E-state index in [2.05, 4.69) is 10.6 Å². The van der Waals surface area contributed by atoms with E-state index in [9.17, 15) is 9.59 Å². The van der Waals surface area contributed by atoms with Gasteiger partial charge in [0, 0.05) is 12.6 Å². The summed E-state index contributed by atoms with van der Waals surface area (Å²) in [5.74, 6) is -1.04. The SMILES string of the molecule is N[C@@H](CCNC(=O)NC1CCCCC1)C(=O)O. The third-order valence-electron chi connectivity index (χ3n) is 3.00. The van der Waals surface area contributed by atoms with Gasteiger partial charge in [-0.15, -0.1) is 0 Å². The van der Waals surface area contributed by atoms with Gasteiger partial charge >= 0.3 is 12.0 Å². The summed E-state index contributed by atoms with van der Waals surface area (Å²) < 4.78 is 0. The molecule has 1 fully saturated rings. The fourth-order valence-corrected chi connectivity index (χ4v) is 1.95. The predicted octanol–water partition coefficient (Wildman–Crippen LogP) is 0.420. The zero-order chi connectivity index (χ0) is 12.7. The van der Waals surface area contributed by atoms with Crippen molar-refractivity contribution in [1.82, 2.24) is 10.6 Å². The van der Waals surface area contributed by atoms with Crippen LogP contribution >= 0.6 is 0 Å². The molecule has 5 N–H and O–H groups in total. The molecular formula is C11H21N3O3. The van der Waals surface area contributed by atoms with Gasteiger partial charge in [-0.2, -0.15) is 0 Å². The molecule has 1 aliphatic carbocycles. The van der Waals surface area contributed by atoms with Crippen molar-refractivity contribution < 1.29 is 14.7 Å². The molecule has 0 aromatic heterocycles. The lowest BCUT2D eigenvalue weighted by Crippen LogP contribution is -2.44. The van der Waals surface area contributed by atoms with Crippen molar-refractivity contribution >= 4 is 12.0 Å². The molecule has 1 aliphatic rings. The number of urea groups is 1. The summed E-state index contributed by atoms with van der Waals surface area (Å²) in [4.78, 5) is 21.9. The lowest BCUT2D eigenvalue weighted by molar-refractivity contribution is -0.138. The van der Waals surface area contributed by atoms with Crippen molar-refractivity contribution in [3.8, 4) is 0 Å². The topological polar surface area (TPSA) is 104 Å². The molecule has 17 heavy (non-hydrogen) atoms. The fraction of sp³-hybridized carbons (Fsp3) is 0.818. The Kier molecular flexibility index (Phi) is 5.76. The molecule has 0 heterocycles. The number of amides is 2. The number of rotatable bonds is 5. The molecule has 0 bridgehead atoms. The molecule has 0 saturated heterocycles. The summed E-state index contributed by atoms with van der Waals surface area (Å²) in [6.45, 7) is 0.284. The average molecular weight is 243 g/mol. The molecule has 0 radical (unpaired) electrons. The van der Waals surface area contributed by atoms with Crippen LogP contribution in [0.2, 0.25) is 0 Å². The second kappa shape index (κ2) is 7.11. The Labute approximate surface area is 101 Å². The van der Waals surface area contributed by atoms with Gasteiger partial charge in [-0.3, -0.25) is 4.79 Å². The standard InChI is InChI=1S/C11H21N3O3/c12-9(10(15)16)6-7-13-11(17)14-8-4-2-1-3-5-8/h8-9H,1-7,12H2,(H,15,16)(H2,13,14,17)/t9-/m0/s1. The molecule has 98 valence electrons. The normalized spacial score (nSPS) is 18.4. The van der Waals surface area contributed by atoms with E-state index >= 15 is 0 Å². The van der Waals surface area contributed by atoms with E-state index < -0.39 is 12.0 Å². The number of carboxylic acids is 1. The number of nitrogens with two attached hydrogens (primary N) is 1. The molecule has 2 amide bonds. The van der Waals surface area contributed by atoms with Gasteiger partial charge < -0.3 is 21.5 Å². The molecule has 0 spiro atoms. The third-order valence-corrected chi connectivity index (χ3v) is 3.00. The van der Waals surface area contributed by atoms with Gasteiger partial charge in [-0.25, -0.2) is 4.79 Å². The van der Waals surface area contributed by atoms with Crippen LogP contribution in [-0.2, 0) is 4.79 Å². The Morgan fingerprint density at radius 1 is 1.29 bits per heavy atom. The molecule has 0 aromatic carbocycles. The van der Waals surface area contributed by atoms with Crippen LogP contribution in [-0.4, -0.2) is 35.7 Å². The first-order valence-electron chi connectivity index (χ1n) is 6.12. The smallest absolute Gasteiger partial charge is 0.320 e. The van der Waals surface area contributed by atoms with E-state index in [-0.39, 0.29) is 25.0 Å². The van der Waals surface area contributed by atoms with Crippen LogP contribution < -0.4 is 16.4 Å². The van der Waals surface area contributed by atoms with Gasteiger partial charge in [-0.1, -0.05) is 19.3 Å². The van der Waals surface area contributed by atoms with Crippen molar-refractivity contribution in [2.45, 2.75) is 50.6 Å². The van der Waals surface area contributed by atoms with Gasteiger partial charge in [0.1, 0.15) is 6.04 Å². The maximum absolute atomic E-state index is 11.5. The summed E-state index contributed by atoms with van der Waals surface area (Å²) in [6.07, 6.45) is 5.87. The fourth-order valence-electron chi connectivity index (χ4n) is 1.95. The maximum Gasteiger partial charge on any atom is 0.320 e. The monoisotopic (exact) mass is 243 g/mol. The third kappa shape index (κ3) is 5.53. The molecule has 0 unspecified atom stereocenters. The van der Waals surface area contributed by atoms with Crippen LogP contribution in [0.4, 0.5) is 4.79 Å². The van der Waals surface area contributed by atoms with Crippen LogP contribution in [0.1, 0.15) is 38.5 Å². The highest BCUT2D eigenvalue weighted by Gasteiger charge is 2.16. The predicted molar refractivity (Wildman–Crippen MR) is 63.6 cm³/mol. The van der Waals surface area contributed by atoms with Crippen LogP contribution in [0.25, 0.3) is 0 Å². The van der Waals surface area contributed by atoms with E-state index in [1.54, 1.807) is 0 Å². The first-order valence-corrected chi connectivity index (χ1v) is 6.12. The molecule has 6 heteroatoms. The highest BCUT2D eigenvalue weighted by molar-refractivity contribution is 5.75. The Morgan fingerprint density at radius 2 is 1.94 bits per heavy atom. The Bertz CT molecular complexity index is 265. The number of nitrogens with one attached hydrogen (secondary N) is 2. The minimum absolute atomic E-state index is 0.227. The number of hydrogen-bond acceptors (Lipinski definition) is 3. The summed E-state index contributed by atoms with van der Waals surface area (Å²) in [5, 5.41) is 14.1. The lowest BCUT2D eigenvalue weighted by atomic mass is 9.96. The van der Waals surface area contributed by atoms with Crippen molar-refractivity contribution in [3.05, 3.63) is 0 Å². The number of hydrogen-bond donors (Lipinski definition) is 4. The highest BCUT2D eigenvalue weighted by atomic mass is 16.4. The molecule has 1 saturated carbocycles. The Hall–Kier alpha value is -1.30. The van der Waals surface area contributed by atoms with Gasteiger partial charge in [0.25, 0.3) is 0 Å². The van der Waals surface area contributed by atoms with Crippen LogP contribution in [0.15, 0.2) is 0 Å². The zero-order valence-corrected chi connectivity index (χ0v) is 9.95. The van der Waals surface area contributed by atoms with Crippen molar-refractivity contribution in [2.24, 2.45) is 5.73 Å². The van der Waals surface area contributed by atoms with Crippen LogP contribution in [0.3, 0.4) is 0 Å². The minimum Gasteiger partial charge on any atom is -0.480 e. The maximum atomic E-state index is 11.5. The summed E-state index contributed by atoms with van der Waals surface area (Å²) >= 11 is 0. The van der Waals surface area contributed by atoms with Gasteiger partial charge in [0.15, 0.2) is 0 Å². The van der Waals surface area contributed by atoms with Crippen LogP contribution in [0.5, 0.6) is 0 Å². The molecule has 1 rings (SSSR count). The van der Waals surface area contributed by atoms with E-state index in [0.717, 1.165) is 25.7 Å². The molecule has 6 nitrogen and oxygen atoms in total. The largest absolute Gasteiger partial charge is 0.480 e. The van der Waals surface area contributed by atoms with Gasteiger partial charge in [-0.05, 0) is 19.3 Å². The summed E-state index contributed by atoms with van der Waals surface area (Å²) in [5.41, 5.74) is 5.32. The Balaban J connectivity index is 2.10. The first kappa shape index (κ1) is 13.8. The van der Waals surface area contributed by atoms with Crippen LogP contribution in [0, 0.1) is 0 Å². The summed E-state index contributed by atoms with van der Waals surface area (Å²) in [7, 11) is 0. The molecule has 1 atom stereocenters. The first-order chi connectivity index (χ1) is 8.09. The Morgan fingerprint density at radius 3 is 2.53 bits per heavy atom. The van der Waals surface area contributed by atoms with E-state index in [1.165, 1.54) is 6.42 Å². The number of aliphatic carboxylic acids is 1. The van der Waals surface area contributed by atoms with Crippen molar-refractivity contribution in [2.75, 3.05) is 6.54 Å². The zero-order valence-electron chi connectivity index (χ0n) is 9.95. The molecular weight excluding hydrogens is 222 g/mol. The van der Waals surface area contributed by atoms with Crippen molar-refractivity contribution in [1.29, 1.82) is 0 Å². The van der Waals surface area contributed by atoms with E-state index in [0.29, 0.717) is 0 Å². The highest BCUT2D eigenvalue weighted by Crippen LogP contribution is 2.16. The van der Waals surface area contributed by atoms with E-state index in [4.69, 9.17) is 10.8 Å². The lowest BCUT2D eigenvalue weighted by Gasteiger charge is -2.22. The van der Waals surface area contributed by atoms with E-state index in [1.807, 2.05) is 0 Å². The van der Waals surface area contributed by atoms with Crippen molar-refractivity contribution in [3.63, 3.8) is 0 Å². The minimum atomic E-state index is -1.04. The number of carbonyl (C=O) groups is 2. The molecule has 0 aliphatic heterocycles. The summed E-state index contributed by atoms with van der Waals surface area (Å²) in [6, 6.07) is -0.878. The number of carbonyl (C=O) groups excluding carboxylic acids is 1. The second-order valence-electron chi connectivity index (χ2n) is 4.47. The molecule has 0 aromatic rings. The number of carboxylic acid groups (broad SMARTS) is 1. The average Bonchev–Trinajstić information content (AvgIpc) is 2.30. The van der Waals surface area contributed by atoms with Gasteiger partial charge in [0.05, 0.1) is 0 Å². The quantitative estimate of drug-likeness (QED) is 0.561. The van der Waals surface area contributed by atoms with Gasteiger partial charge in [0.2, 0.25) is 0 Å². The second-order valence-corrected chi connectivity index (χ2v) is 4.47.